The monoisotopic (exact) mass is 685 g/mol. The van der Waals surface area contributed by atoms with Gasteiger partial charge in [-0.3, -0.25) is 9.47 Å². The molecule has 0 unspecified atom stereocenters. The maximum Gasteiger partial charge on any atom is 0.238 e. The molecular formula is C45H27N5O3. The minimum Gasteiger partial charge on any atom is -0.456 e. The number of ether oxygens (including phenoxy) is 2. The number of fused-ring (bicyclic) bond motifs is 11. The Morgan fingerprint density at radius 1 is 0.585 bits per heavy atom. The molecule has 53 heavy (non-hydrogen) atoms. The largest absolute Gasteiger partial charge is 0.456 e. The third-order valence-corrected chi connectivity index (χ3v) is 9.96. The van der Waals surface area contributed by atoms with Crippen molar-refractivity contribution < 1.29 is 13.9 Å². The minimum absolute atomic E-state index is 0.478. The number of furan rings is 1. The van der Waals surface area contributed by atoms with Crippen molar-refractivity contribution in [2.75, 3.05) is 4.90 Å². The fraction of sp³-hybridized carbons (Fsp3) is 0. The first-order valence-corrected chi connectivity index (χ1v) is 17.2. The highest BCUT2D eigenvalue weighted by Crippen LogP contribution is 2.52. The van der Waals surface area contributed by atoms with E-state index in [0.717, 1.165) is 66.2 Å². The SMILES string of the molecule is C=CC1=C2C(=C)Oc3ccccc3N2c2cc3c4ccccc4n(-c4nc(-c5ccccc5)nc(-c5cccc6oc7ccccc7c56)n4)c3cc2O1. The van der Waals surface area contributed by atoms with Crippen LogP contribution < -0.4 is 14.4 Å². The zero-order valence-electron chi connectivity index (χ0n) is 28.2. The molecule has 0 saturated carbocycles. The van der Waals surface area contributed by atoms with E-state index in [2.05, 4.69) is 53.0 Å². The van der Waals surface area contributed by atoms with Crippen molar-refractivity contribution in [1.29, 1.82) is 0 Å². The maximum absolute atomic E-state index is 6.60. The van der Waals surface area contributed by atoms with Gasteiger partial charge in [0.1, 0.15) is 22.6 Å². The van der Waals surface area contributed by atoms with Crippen LogP contribution in [0.4, 0.5) is 11.4 Å². The van der Waals surface area contributed by atoms with Gasteiger partial charge in [-0.2, -0.15) is 9.97 Å². The molecular weight excluding hydrogens is 659 g/mol. The number of hydrogen-bond acceptors (Lipinski definition) is 7. The molecule has 2 aliphatic heterocycles. The lowest BCUT2D eigenvalue weighted by Gasteiger charge is -2.38. The van der Waals surface area contributed by atoms with Crippen molar-refractivity contribution in [3.05, 3.63) is 170 Å². The molecule has 5 heterocycles. The molecule has 0 N–H and O–H groups in total. The second-order valence-electron chi connectivity index (χ2n) is 13.0. The summed E-state index contributed by atoms with van der Waals surface area (Å²) in [6, 6.07) is 44.5. The minimum atomic E-state index is 0.478. The molecule has 0 saturated heterocycles. The van der Waals surface area contributed by atoms with Crippen LogP contribution in [0.2, 0.25) is 0 Å². The van der Waals surface area contributed by atoms with E-state index in [1.54, 1.807) is 6.08 Å². The standard InChI is InChI=1S/C45H27N5O3/c1-3-36-42-26(2)51-38-22-12-10-20-33(38)49(42)35-24-31-28-16-7-9-19-32(28)50(34(31)25-40(35)52-36)45-47-43(27-14-5-4-6-15-27)46-44(48-45)30-18-13-23-39-41(30)29-17-8-11-21-37(29)53-39/h3-25H,1-2H2. The highest BCUT2D eigenvalue weighted by atomic mass is 16.5. The molecule has 6 aromatic carbocycles. The van der Waals surface area contributed by atoms with Crippen LogP contribution in [-0.4, -0.2) is 19.5 Å². The Labute approximate surface area is 302 Å². The quantitative estimate of drug-likeness (QED) is 0.182. The van der Waals surface area contributed by atoms with E-state index in [-0.39, 0.29) is 0 Å². The van der Waals surface area contributed by atoms with Crippen molar-refractivity contribution in [2.45, 2.75) is 0 Å². The van der Waals surface area contributed by atoms with Gasteiger partial charge in [0.05, 0.1) is 22.4 Å². The van der Waals surface area contributed by atoms with E-state index >= 15 is 0 Å². The van der Waals surface area contributed by atoms with E-state index in [0.29, 0.717) is 46.3 Å². The molecule has 8 nitrogen and oxygen atoms in total. The summed E-state index contributed by atoms with van der Waals surface area (Å²) < 4.78 is 21.1. The lowest BCUT2D eigenvalue weighted by atomic mass is 10.1. The highest BCUT2D eigenvalue weighted by Gasteiger charge is 2.36. The molecule has 0 radical (unpaired) electrons. The molecule has 2 aliphatic rings. The Morgan fingerprint density at radius 3 is 2.23 bits per heavy atom. The summed E-state index contributed by atoms with van der Waals surface area (Å²) in [4.78, 5) is 17.7. The van der Waals surface area contributed by atoms with Crippen molar-refractivity contribution in [3.63, 3.8) is 0 Å². The normalized spacial score (nSPS) is 13.6. The lowest BCUT2D eigenvalue weighted by Crippen LogP contribution is -2.30. The summed E-state index contributed by atoms with van der Waals surface area (Å²) in [5.74, 6) is 3.97. The third-order valence-electron chi connectivity index (χ3n) is 9.96. The fourth-order valence-electron chi connectivity index (χ4n) is 7.68. The van der Waals surface area contributed by atoms with Crippen LogP contribution in [-0.2, 0) is 0 Å². The van der Waals surface area contributed by atoms with E-state index in [9.17, 15) is 0 Å². The Bertz CT molecular complexity index is 3070. The molecule has 0 aliphatic carbocycles. The predicted molar refractivity (Wildman–Crippen MR) is 209 cm³/mol. The topological polar surface area (TPSA) is 78.4 Å². The van der Waals surface area contributed by atoms with Gasteiger partial charge in [-0.05, 0) is 42.5 Å². The van der Waals surface area contributed by atoms with Gasteiger partial charge in [-0.15, -0.1) is 0 Å². The summed E-state index contributed by atoms with van der Waals surface area (Å²) in [6.45, 7) is 8.31. The molecule has 0 atom stereocenters. The van der Waals surface area contributed by atoms with Gasteiger partial charge in [0.15, 0.2) is 28.9 Å². The van der Waals surface area contributed by atoms with Gasteiger partial charge in [0.2, 0.25) is 5.95 Å². The second kappa shape index (κ2) is 11.0. The van der Waals surface area contributed by atoms with Crippen LogP contribution in [0.5, 0.6) is 11.5 Å². The molecule has 0 amide bonds. The second-order valence-corrected chi connectivity index (χ2v) is 13.0. The summed E-state index contributed by atoms with van der Waals surface area (Å²) in [5.41, 5.74) is 7.58. The van der Waals surface area contributed by atoms with Gasteiger partial charge in [-0.1, -0.05) is 104 Å². The molecule has 8 heteroatoms. The highest BCUT2D eigenvalue weighted by molar-refractivity contribution is 6.13. The number of anilines is 2. The van der Waals surface area contributed by atoms with E-state index < -0.39 is 0 Å². The summed E-state index contributed by atoms with van der Waals surface area (Å²) >= 11 is 0. The van der Waals surface area contributed by atoms with Gasteiger partial charge in [0.25, 0.3) is 0 Å². The first-order chi connectivity index (χ1) is 26.1. The number of allylic oxidation sites excluding steroid dienone is 1. The lowest BCUT2D eigenvalue weighted by molar-refractivity contribution is 0.387. The van der Waals surface area contributed by atoms with Crippen molar-refractivity contribution in [3.8, 4) is 40.2 Å². The average molecular weight is 686 g/mol. The van der Waals surface area contributed by atoms with Crippen LogP contribution >= 0.6 is 0 Å². The number of rotatable bonds is 4. The van der Waals surface area contributed by atoms with Crippen molar-refractivity contribution in [1.82, 2.24) is 19.5 Å². The molecule has 11 rings (SSSR count). The van der Waals surface area contributed by atoms with Gasteiger partial charge in [-0.25, -0.2) is 4.98 Å². The summed E-state index contributed by atoms with van der Waals surface area (Å²) in [6.07, 6.45) is 1.69. The number of hydrogen-bond donors (Lipinski definition) is 0. The van der Waals surface area contributed by atoms with Crippen LogP contribution in [0, 0.1) is 0 Å². The van der Waals surface area contributed by atoms with Gasteiger partial charge < -0.3 is 13.9 Å². The summed E-state index contributed by atoms with van der Waals surface area (Å²) in [7, 11) is 0. The van der Waals surface area contributed by atoms with Crippen LogP contribution in [0.3, 0.4) is 0 Å². The Hall–Kier alpha value is -7.45. The molecule has 0 spiro atoms. The van der Waals surface area contributed by atoms with E-state index in [1.807, 2.05) is 103 Å². The first kappa shape index (κ1) is 29.3. The molecule has 0 bridgehead atoms. The average Bonchev–Trinajstić information content (AvgIpc) is 3.75. The van der Waals surface area contributed by atoms with E-state index in [4.69, 9.17) is 28.8 Å². The van der Waals surface area contributed by atoms with Crippen molar-refractivity contribution >= 4 is 55.1 Å². The van der Waals surface area contributed by atoms with Gasteiger partial charge in [0, 0.05) is 38.7 Å². The van der Waals surface area contributed by atoms with Crippen molar-refractivity contribution in [2.24, 2.45) is 0 Å². The molecule has 3 aromatic heterocycles. The number of para-hydroxylation sites is 4. The summed E-state index contributed by atoms with van der Waals surface area (Å²) in [5, 5.41) is 4.00. The molecule has 9 aromatic rings. The molecule has 0 fully saturated rings. The third kappa shape index (κ3) is 4.26. The van der Waals surface area contributed by atoms with Gasteiger partial charge >= 0.3 is 0 Å². The zero-order chi connectivity index (χ0) is 35.2. The van der Waals surface area contributed by atoms with Crippen LogP contribution in [0.15, 0.2) is 174 Å². The first-order valence-electron chi connectivity index (χ1n) is 17.2. The smallest absolute Gasteiger partial charge is 0.238 e. The Balaban J connectivity index is 1.20. The number of nitrogens with zero attached hydrogens (tertiary/aromatic N) is 5. The zero-order valence-corrected chi connectivity index (χ0v) is 28.2. The number of aromatic nitrogens is 4. The fourth-order valence-corrected chi connectivity index (χ4v) is 7.68. The van der Waals surface area contributed by atoms with Crippen LogP contribution in [0.25, 0.3) is 72.5 Å². The maximum atomic E-state index is 6.60. The molecule has 250 valence electrons. The Morgan fingerprint density at radius 2 is 1.34 bits per heavy atom. The van der Waals surface area contributed by atoms with E-state index in [1.165, 1.54) is 0 Å². The van der Waals surface area contributed by atoms with Crippen LogP contribution in [0.1, 0.15) is 0 Å². The predicted octanol–water partition coefficient (Wildman–Crippen LogP) is 11.0. The Kier molecular flexibility index (Phi) is 6.09. The number of benzene rings is 6.